The van der Waals surface area contributed by atoms with Crippen LogP contribution >= 0.6 is 0 Å². The summed E-state index contributed by atoms with van der Waals surface area (Å²) in [5.74, 6) is 0.00608. The summed E-state index contributed by atoms with van der Waals surface area (Å²) < 4.78 is 3.93. The van der Waals surface area contributed by atoms with Crippen molar-refractivity contribution in [3.05, 3.63) is 41.5 Å². The highest BCUT2D eigenvalue weighted by atomic mass is 16.2. The van der Waals surface area contributed by atoms with Gasteiger partial charge in [0.2, 0.25) is 0 Å². The Bertz CT molecular complexity index is 653. The summed E-state index contributed by atoms with van der Waals surface area (Å²) in [5.41, 5.74) is 3.31. The number of hydrogen-bond donors (Lipinski definition) is 1. The number of rotatable bonds is 3. The summed E-state index contributed by atoms with van der Waals surface area (Å²) in [7, 11) is 1.89. The van der Waals surface area contributed by atoms with E-state index in [-0.39, 0.29) is 11.9 Å². The van der Waals surface area contributed by atoms with Crippen molar-refractivity contribution in [2.75, 3.05) is 0 Å². The van der Waals surface area contributed by atoms with Gasteiger partial charge in [0.25, 0.3) is 5.91 Å². The maximum atomic E-state index is 12.3. The first-order valence-electron chi connectivity index (χ1n) is 7.53. The monoisotopic (exact) mass is 286 g/mol. The summed E-state index contributed by atoms with van der Waals surface area (Å²) in [5, 5.41) is 7.63. The number of aryl methyl sites for hydroxylation is 2. The second-order valence-corrected chi connectivity index (χ2v) is 6.07. The average Bonchev–Trinajstić information content (AvgIpc) is 3.04. The van der Waals surface area contributed by atoms with Crippen LogP contribution in [0.2, 0.25) is 0 Å². The van der Waals surface area contributed by atoms with Crippen molar-refractivity contribution in [3.63, 3.8) is 0 Å². The summed E-state index contributed by atoms with van der Waals surface area (Å²) >= 11 is 0. The summed E-state index contributed by atoms with van der Waals surface area (Å²) in [4.78, 5) is 12.3. The Morgan fingerprint density at radius 1 is 1.48 bits per heavy atom. The number of hydrogen-bond acceptors (Lipinski definition) is 2. The molecule has 5 nitrogen and oxygen atoms in total. The van der Waals surface area contributed by atoms with Crippen LogP contribution in [0.4, 0.5) is 0 Å². The first kappa shape index (κ1) is 13.9. The fourth-order valence-corrected chi connectivity index (χ4v) is 3.05. The van der Waals surface area contributed by atoms with Crippen LogP contribution in [0.3, 0.4) is 0 Å². The van der Waals surface area contributed by atoms with Crippen molar-refractivity contribution >= 4 is 5.91 Å². The van der Waals surface area contributed by atoms with Gasteiger partial charge in [0, 0.05) is 37.4 Å². The first-order chi connectivity index (χ1) is 10.1. The van der Waals surface area contributed by atoms with Gasteiger partial charge in [0.05, 0.1) is 6.20 Å². The topological polar surface area (TPSA) is 51.9 Å². The minimum Gasteiger partial charge on any atom is -0.348 e. The Morgan fingerprint density at radius 3 is 2.95 bits per heavy atom. The number of nitrogens with one attached hydrogen (secondary N) is 1. The van der Waals surface area contributed by atoms with Crippen LogP contribution in [-0.4, -0.2) is 26.3 Å². The quantitative estimate of drug-likeness (QED) is 0.939. The lowest BCUT2D eigenvalue weighted by Crippen LogP contribution is -2.40. The number of fused-ring (bicyclic) bond motifs is 1. The number of amides is 1. The van der Waals surface area contributed by atoms with E-state index in [4.69, 9.17) is 0 Å². The van der Waals surface area contributed by atoms with Crippen molar-refractivity contribution in [3.8, 4) is 0 Å². The molecule has 1 amide bonds. The van der Waals surface area contributed by atoms with Gasteiger partial charge >= 0.3 is 0 Å². The van der Waals surface area contributed by atoms with Crippen molar-refractivity contribution < 1.29 is 4.79 Å². The molecule has 1 atom stereocenters. The number of carbonyl (C=O) groups is 1. The molecule has 2 aromatic heterocycles. The first-order valence-corrected chi connectivity index (χ1v) is 7.53. The smallest absolute Gasteiger partial charge is 0.268 e. The fourth-order valence-electron chi connectivity index (χ4n) is 3.05. The van der Waals surface area contributed by atoms with E-state index in [1.54, 1.807) is 0 Å². The van der Waals surface area contributed by atoms with Crippen molar-refractivity contribution in [2.24, 2.45) is 7.05 Å². The number of carbonyl (C=O) groups excluding carboxylic acids is 1. The van der Waals surface area contributed by atoms with E-state index in [0.717, 1.165) is 19.3 Å². The molecule has 0 saturated heterocycles. The van der Waals surface area contributed by atoms with Crippen LogP contribution in [0.15, 0.2) is 24.5 Å². The zero-order chi connectivity index (χ0) is 15.0. The molecule has 0 radical (unpaired) electrons. The Labute approximate surface area is 125 Å². The van der Waals surface area contributed by atoms with Gasteiger partial charge in [0.15, 0.2) is 0 Å². The Morgan fingerprint density at radius 2 is 2.29 bits per heavy atom. The molecule has 5 heteroatoms. The van der Waals surface area contributed by atoms with E-state index in [1.807, 2.05) is 36.1 Å². The third kappa shape index (κ3) is 2.60. The van der Waals surface area contributed by atoms with Gasteiger partial charge in [-0.25, -0.2) is 0 Å². The average molecular weight is 286 g/mol. The summed E-state index contributed by atoms with van der Waals surface area (Å²) in [6, 6.07) is 4.29. The highest BCUT2D eigenvalue weighted by Gasteiger charge is 2.25. The number of nitrogens with zero attached hydrogens (tertiary/aromatic N) is 3. The standard InChI is InChI=1S/C16H22N4O/c1-11(2)20-15-9-13(7-6-12(15)10-17-20)18-16(21)14-5-4-8-19(14)3/h4-5,8,10-11,13H,6-7,9H2,1-3H3,(H,18,21)/t13-/m1/s1. The Hall–Kier alpha value is -2.04. The maximum absolute atomic E-state index is 12.3. The SMILES string of the molecule is CC(C)n1ncc2c1C[C@H](NC(=O)c1cccn1C)CC2. The third-order valence-corrected chi connectivity index (χ3v) is 4.19. The highest BCUT2D eigenvalue weighted by Crippen LogP contribution is 2.23. The molecule has 0 fully saturated rings. The molecular formula is C16H22N4O. The van der Waals surface area contributed by atoms with Crippen LogP contribution in [0.1, 0.15) is 48.1 Å². The van der Waals surface area contributed by atoms with Crippen LogP contribution in [0, 0.1) is 0 Å². The molecule has 0 spiro atoms. The number of aromatic nitrogens is 3. The lowest BCUT2D eigenvalue weighted by molar-refractivity contribution is 0.0925. The molecule has 0 bridgehead atoms. The van der Waals surface area contributed by atoms with Crippen LogP contribution in [0.5, 0.6) is 0 Å². The molecule has 1 aliphatic rings. The summed E-state index contributed by atoms with van der Waals surface area (Å²) in [6.07, 6.45) is 6.70. The van der Waals surface area contributed by atoms with Crippen LogP contribution in [0.25, 0.3) is 0 Å². The maximum Gasteiger partial charge on any atom is 0.268 e. The molecule has 0 aliphatic heterocycles. The summed E-state index contributed by atoms with van der Waals surface area (Å²) in [6.45, 7) is 4.28. The van der Waals surface area contributed by atoms with E-state index < -0.39 is 0 Å². The lowest BCUT2D eigenvalue weighted by atomic mass is 9.93. The minimum absolute atomic E-state index is 0.00608. The van der Waals surface area contributed by atoms with Crippen molar-refractivity contribution in [1.82, 2.24) is 19.7 Å². The van der Waals surface area contributed by atoms with Gasteiger partial charge in [-0.3, -0.25) is 9.48 Å². The molecule has 112 valence electrons. The van der Waals surface area contributed by atoms with Gasteiger partial charge < -0.3 is 9.88 Å². The van der Waals surface area contributed by atoms with E-state index in [9.17, 15) is 4.79 Å². The molecule has 21 heavy (non-hydrogen) atoms. The second-order valence-electron chi connectivity index (χ2n) is 6.07. The molecule has 1 N–H and O–H groups in total. The second kappa shape index (κ2) is 5.39. The van der Waals surface area contributed by atoms with Gasteiger partial charge in [-0.2, -0.15) is 5.10 Å². The normalized spacial score (nSPS) is 17.8. The Balaban J connectivity index is 1.73. The molecular weight excluding hydrogens is 264 g/mol. The van der Waals surface area contributed by atoms with Crippen molar-refractivity contribution in [1.29, 1.82) is 0 Å². The van der Waals surface area contributed by atoms with Gasteiger partial charge in [0.1, 0.15) is 5.69 Å². The van der Waals surface area contributed by atoms with E-state index in [2.05, 4.69) is 28.9 Å². The lowest BCUT2D eigenvalue weighted by Gasteiger charge is -2.25. The Kier molecular flexibility index (Phi) is 3.57. The molecule has 0 unspecified atom stereocenters. The van der Waals surface area contributed by atoms with Crippen LogP contribution in [-0.2, 0) is 19.9 Å². The molecule has 0 saturated carbocycles. The predicted octanol–water partition coefficient (Wildman–Crippen LogP) is 2.09. The van der Waals surface area contributed by atoms with E-state index in [0.29, 0.717) is 11.7 Å². The van der Waals surface area contributed by atoms with Gasteiger partial charge in [-0.05, 0) is 44.4 Å². The predicted molar refractivity (Wildman–Crippen MR) is 81.3 cm³/mol. The molecule has 3 rings (SSSR count). The van der Waals surface area contributed by atoms with E-state index >= 15 is 0 Å². The largest absolute Gasteiger partial charge is 0.348 e. The molecule has 1 aliphatic carbocycles. The van der Waals surface area contributed by atoms with Gasteiger partial charge in [-0.1, -0.05) is 0 Å². The fraction of sp³-hybridized carbons (Fsp3) is 0.500. The highest BCUT2D eigenvalue weighted by molar-refractivity contribution is 5.92. The molecule has 2 aromatic rings. The molecule has 2 heterocycles. The van der Waals surface area contributed by atoms with Crippen molar-refractivity contribution in [2.45, 2.75) is 45.2 Å². The zero-order valence-electron chi connectivity index (χ0n) is 12.8. The van der Waals surface area contributed by atoms with Gasteiger partial charge in [-0.15, -0.1) is 0 Å². The van der Waals surface area contributed by atoms with E-state index in [1.165, 1.54) is 11.3 Å². The third-order valence-electron chi connectivity index (χ3n) is 4.19. The molecule has 0 aromatic carbocycles. The minimum atomic E-state index is 0.00608. The van der Waals surface area contributed by atoms with Crippen LogP contribution < -0.4 is 5.32 Å². The zero-order valence-corrected chi connectivity index (χ0v) is 12.8.